The lowest BCUT2D eigenvalue weighted by Gasteiger charge is -2.60. The van der Waals surface area contributed by atoms with Gasteiger partial charge in [-0.1, -0.05) is 65.5 Å². The SMILES string of the molecule is CC(C)CCC[C@@H](C)[C@H]1CC[C@H]2[C@@H]3CC=C4C[C@@H](O)CC(NCCN)[C@]4(C)[C@H]3CC[C@]12C. The van der Waals surface area contributed by atoms with Crippen LogP contribution in [0.15, 0.2) is 11.6 Å². The van der Waals surface area contributed by atoms with Crippen LogP contribution in [0.4, 0.5) is 0 Å². The molecule has 9 atom stereocenters. The van der Waals surface area contributed by atoms with Gasteiger partial charge in [-0.15, -0.1) is 0 Å². The average Bonchev–Trinajstić information content (AvgIpc) is 3.09. The Kier molecular flexibility index (Phi) is 7.50. The molecule has 3 heteroatoms. The maximum absolute atomic E-state index is 10.6. The van der Waals surface area contributed by atoms with Gasteiger partial charge in [-0.05, 0) is 85.9 Å². The average molecular weight is 445 g/mol. The molecule has 0 radical (unpaired) electrons. The van der Waals surface area contributed by atoms with Crippen LogP contribution < -0.4 is 11.1 Å². The molecule has 184 valence electrons. The first-order chi connectivity index (χ1) is 15.2. The van der Waals surface area contributed by atoms with Crippen LogP contribution in [0.2, 0.25) is 0 Å². The number of hydrogen-bond acceptors (Lipinski definition) is 3. The van der Waals surface area contributed by atoms with Crippen molar-refractivity contribution in [3.63, 3.8) is 0 Å². The first kappa shape index (κ1) is 24.7. The van der Waals surface area contributed by atoms with Gasteiger partial charge in [-0.2, -0.15) is 0 Å². The molecule has 0 heterocycles. The zero-order valence-corrected chi connectivity index (χ0v) is 21.7. The number of aliphatic hydroxyl groups excluding tert-OH is 1. The maximum atomic E-state index is 10.6. The molecule has 4 N–H and O–H groups in total. The molecule has 4 aliphatic carbocycles. The number of rotatable bonds is 8. The van der Waals surface area contributed by atoms with Crippen LogP contribution in [0.25, 0.3) is 0 Å². The van der Waals surface area contributed by atoms with E-state index >= 15 is 0 Å². The highest BCUT2D eigenvalue weighted by molar-refractivity contribution is 5.28. The van der Waals surface area contributed by atoms with Crippen LogP contribution in [0.1, 0.15) is 98.8 Å². The summed E-state index contributed by atoms with van der Waals surface area (Å²) in [7, 11) is 0. The Balaban J connectivity index is 1.53. The van der Waals surface area contributed by atoms with E-state index in [1.54, 1.807) is 5.57 Å². The van der Waals surface area contributed by atoms with Crippen LogP contribution in [0.5, 0.6) is 0 Å². The second kappa shape index (κ2) is 9.70. The van der Waals surface area contributed by atoms with Gasteiger partial charge in [-0.3, -0.25) is 0 Å². The molecule has 0 aromatic heterocycles. The summed E-state index contributed by atoms with van der Waals surface area (Å²) < 4.78 is 0. The number of allylic oxidation sites excluding steroid dienone is 1. The Morgan fingerprint density at radius 3 is 2.62 bits per heavy atom. The van der Waals surface area contributed by atoms with Crippen molar-refractivity contribution in [2.75, 3.05) is 13.1 Å². The Bertz CT molecular complexity index is 674. The molecule has 0 bridgehead atoms. The van der Waals surface area contributed by atoms with Gasteiger partial charge in [0.25, 0.3) is 0 Å². The lowest BCUT2D eigenvalue weighted by Crippen LogP contribution is -2.59. The Morgan fingerprint density at radius 2 is 1.91 bits per heavy atom. The van der Waals surface area contributed by atoms with Crippen LogP contribution in [-0.2, 0) is 0 Å². The Morgan fingerprint density at radius 1 is 1.12 bits per heavy atom. The number of fused-ring (bicyclic) bond motifs is 5. The monoisotopic (exact) mass is 444 g/mol. The minimum Gasteiger partial charge on any atom is -0.393 e. The quantitative estimate of drug-likeness (QED) is 0.408. The van der Waals surface area contributed by atoms with Crippen LogP contribution in [0, 0.1) is 46.3 Å². The zero-order valence-electron chi connectivity index (χ0n) is 21.7. The summed E-state index contributed by atoms with van der Waals surface area (Å²) in [5.41, 5.74) is 8.14. The molecule has 32 heavy (non-hydrogen) atoms. The van der Waals surface area contributed by atoms with Crippen LogP contribution in [0.3, 0.4) is 0 Å². The third-order valence-electron chi connectivity index (χ3n) is 11.0. The second-order valence-corrected chi connectivity index (χ2v) is 13.0. The molecule has 4 aliphatic rings. The lowest BCUT2D eigenvalue weighted by molar-refractivity contribution is -0.0687. The van der Waals surface area contributed by atoms with Gasteiger partial charge in [0.2, 0.25) is 0 Å². The number of hydrogen-bond donors (Lipinski definition) is 3. The summed E-state index contributed by atoms with van der Waals surface area (Å²) in [6, 6.07) is 0.366. The fraction of sp³-hybridized carbons (Fsp3) is 0.931. The van der Waals surface area contributed by atoms with E-state index in [1.165, 1.54) is 51.4 Å². The maximum Gasteiger partial charge on any atom is 0.0592 e. The summed E-state index contributed by atoms with van der Waals surface area (Å²) in [4.78, 5) is 0. The molecule has 0 aromatic carbocycles. The standard InChI is InChI=1S/C29H52N2O/c1-19(2)7-6-8-20(3)24-11-12-25-23-10-9-21-17-22(32)18-27(31-16-15-30)29(21,5)26(23)13-14-28(24,25)4/h9,19-20,22-27,31-32H,6-8,10-18,30H2,1-5H3/t20-,22-,23+,24-,25+,26+,27?,28-,29+/m1/s1. The van der Waals surface area contributed by atoms with Crippen molar-refractivity contribution in [2.24, 2.45) is 52.1 Å². The molecule has 0 aromatic rings. The van der Waals surface area contributed by atoms with Crippen LogP contribution in [-0.4, -0.2) is 30.3 Å². The summed E-state index contributed by atoms with van der Waals surface area (Å²) >= 11 is 0. The van der Waals surface area contributed by atoms with Crippen LogP contribution >= 0.6 is 0 Å². The number of nitrogens with one attached hydrogen (secondary N) is 1. The molecule has 1 unspecified atom stereocenters. The van der Waals surface area contributed by atoms with E-state index in [0.29, 0.717) is 18.0 Å². The third kappa shape index (κ3) is 4.24. The Hall–Kier alpha value is -0.380. The fourth-order valence-corrected chi connectivity index (χ4v) is 9.31. The second-order valence-electron chi connectivity index (χ2n) is 13.0. The predicted octanol–water partition coefficient (Wildman–Crippen LogP) is 5.92. The highest BCUT2D eigenvalue weighted by Crippen LogP contribution is 2.67. The molecule has 0 saturated heterocycles. The summed E-state index contributed by atoms with van der Waals surface area (Å²) in [6.45, 7) is 14.1. The molecule has 3 nitrogen and oxygen atoms in total. The van der Waals surface area contributed by atoms with E-state index in [-0.39, 0.29) is 11.5 Å². The molecule has 4 rings (SSSR count). The minimum atomic E-state index is -0.197. The van der Waals surface area contributed by atoms with E-state index in [9.17, 15) is 5.11 Å². The lowest BCUT2D eigenvalue weighted by atomic mass is 9.46. The van der Waals surface area contributed by atoms with E-state index in [0.717, 1.165) is 54.9 Å². The van der Waals surface area contributed by atoms with E-state index in [2.05, 4.69) is 46.0 Å². The minimum absolute atomic E-state index is 0.194. The molecule has 3 fully saturated rings. The van der Waals surface area contributed by atoms with Crippen molar-refractivity contribution >= 4 is 0 Å². The highest BCUT2D eigenvalue weighted by atomic mass is 16.3. The Labute approximate surface area is 198 Å². The number of aliphatic hydroxyl groups is 1. The topological polar surface area (TPSA) is 58.3 Å². The molecule has 0 aliphatic heterocycles. The van der Waals surface area contributed by atoms with Crippen molar-refractivity contribution in [1.29, 1.82) is 0 Å². The van der Waals surface area contributed by atoms with Gasteiger partial charge >= 0.3 is 0 Å². The van der Waals surface area contributed by atoms with Gasteiger partial charge in [-0.25, -0.2) is 0 Å². The molecular weight excluding hydrogens is 392 g/mol. The number of nitrogens with two attached hydrogens (primary N) is 1. The first-order valence-electron chi connectivity index (χ1n) is 14.0. The van der Waals surface area contributed by atoms with Crippen molar-refractivity contribution in [1.82, 2.24) is 5.32 Å². The van der Waals surface area contributed by atoms with E-state index < -0.39 is 0 Å². The van der Waals surface area contributed by atoms with Crippen molar-refractivity contribution in [3.8, 4) is 0 Å². The summed E-state index contributed by atoms with van der Waals surface area (Å²) in [5.74, 6) is 5.09. The predicted molar refractivity (Wildman–Crippen MR) is 135 cm³/mol. The van der Waals surface area contributed by atoms with Gasteiger partial charge in [0, 0.05) is 24.5 Å². The van der Waals surface area contributed by atoms with E-state index in [4.69, 9.17) is 5.73 Å². The van der Waals surface area contributed by atoms with Gasteiger partial charge in [0.1, 0.15) is 0 Å². The highest BCUT2D eigenvalue weighted by Gasteiger charge is 2.60. The van der Waals surface area contributed by atoms with Crippen molar-refractivity contribution in [2.45, 2.75) is 111 Å². The van der Waals surface area contributed by atoms with E-state index in [1.807, 2.05) is 0 Å². The summed E-state index contributed by atoms with van der Waals surface area (Å²) in [6.07, 6.45) is 15.3. The van der Waals surface area contributed by atoms with Gasteiger partial charge in [0.15, 0.2) is 0 Å². The first-order valence-corrected chi connectivity index (χ1v) is 14.0. The van der Waals surface area contributed by atoms with Crippen molar-refractivity contribution < 1.29 is 5.11 Å². The molecule has 3 saturated carbocycles. The molecular formula is C29H52N2O. The molecule has 0 amide bonds. The van der Waals surface area contributed by atoms with Gasteiger partial charge in [0.05, 0.1) is 6.10 Å². The third-order valence-corrected chi connectivity index (χ3v) is 11.0. The largest absolute Gasteiger partial charge is 0.393 e. The van der Waals surface area contributed by atoms with Gasteiger partial charge < -0.3 is 16.2 Å². The zero-order chi connectivity index (χ0) is 23.1. The smallest absolute Gasteiger partial charge is 0.0592 e. The van der Waals surface area contributed by atoms with Crippen molar-refractivity contribution in [3.05, 3.63) is 11.6 Å². The summed E-state index contributed by atoms with van der Waals surface area (Å²) in [5, 5.41) is 14.4. The fourth-order valence-electron chi connectivity index (χ4n) is 9.31. The molecule has 0 spiro atoms. The normalized spacial score (nSPS) is 44.6.